The van der Waals surface area contributed by atoms with Crippen LogP contribution in [0.5, 0.6) is 5.75 Å². The number of rotatable bonds is 7. The number of nitrogens with one attached hydrogen (secondary N) is 1. The number of carbonyl (C=O) groups excluding carboxylic acids is 1. The molecule has 0 spiro atoms. The van der Waals surface area contributed by atoms with E-state index in [2.05, 4.69) is 12.2 Å². The molecule has 1 heterocycles. The first-order chi connectivity index (χ1) is 12.0. The van der Waals surface area contributed by atoms with E-state index in [1.807, 2.05) is 24.3 Å². The van der Waals surface area contributed by atoms with E-state index < -0.39 is 11.9 Å². The van der Waals surface area contributed by atoms with E-state index >= 15 is 0 Å². The van der Waals surface area contributed by atoms with Crippen molar-refractivity contribution in [3.63, 3.8) is 0 Å². The first kappa shape index (κ1) is 19.1. The Hall–Kier alpha value is -2.24. The molecule has 2 N–H and O–H groups in total. The van der Waals surface area contributed by atoms with Crippen LogP contribution in [0.2, 0.25) is 0 Å². The summed E-state index contributed by atoms with van der Waals surface area (Å²) in [7, 11) is 1.63. The van der Waals surface area contributed by atoms with Crippen LogP contribution >= 0.6 is 0 Å². The molecule has 1 aliphatic heterocycles. The van der Waals surface area contributed by atoms with E-state index in [1.54, 1.807) is 12.0 Å². The first-order valence-corrected chi connectivity index (χ1v) is 8.97. The van der Waals surface area contributed by atoms with Gasteiger partial charge < -0.3 is 20.1 Å². The Kier molecular flexibility index (Phi) is 7.10. The molecular formula is C19H28N2O4. The maximum absolute atomic E-state index is 12.6. The second-order valence-electron chi connectivity index (χ2n) is 6.54. The van der Waals surface area contributed by atoms with Crippen molar-refractivity contribution in [2.24, 2.45) is 5.92 Å². The highest BCUT2D eigenvalue weighted by molar-refractivity contribution is 5.77. The lowest BCUT2D eigenvalue weighted by Crippen LogP contribution is -2.47. The number of amides is 2. The minimum absolute atomic E-state index is 0.0800. The van der Waals surface area contributed by atoms with Crippen LogP contribution < -0.4 is 10.1 Å². The second-order valence-corrected chi connectivity index (χ2v) is 6.54. The summed E-state index contributed by atoms with van der Waals surface area (Å²) in [4.78, 5) is 25.5. The van der Waals surface area contributed by atoms with Gasteiger partial charge in [-0.05, 0) is 37.0 Å². The van der Waals surface area contributed by atoms with Crippen molar-refractivity contribution in [2.45, 2.75) is 45.1 Å². The Morgan fingerprint density at radius 1 is 1.36 bits per heavy atom. The summed E-state index contributed by atoms with van der Waals surface area (Å²) in [6.07, 6.45) is 4.27. The number of aliphatic carboxylic acids is 1. The fourth-order valence-electron chi connectivity index (χ4n) is 3.17. The number of likely N-dealkylation sites (tertiary alicyclic amines) is 1. The van der Waals surface area contributed by atoms with Gasteiger partial charge in [-0.25, -0.2) is 4.79 Å². The molecule has 1 aliphatic rings. The molecule has 1 fully saturated rings. The minimum atomic E-state index is -0.824. The van der Waals surface area contributed by atoms with Crippen molar-refractivity contribution in [2.75, 3.05) is 20.2 Å². The summed E-state index contributed by atoms with van der Waals surface area (Å²) in [5, 5.41) is 12.3. The highest BCUT2D eigenvalue weighted by Gasteiger charge is 2.29. The topological polar surface area (TPSA) is 78.9 Å². The van der Waals surface area contributed by atoms with Gasteiger partial charge >= 0.3 is 12.0 Å². The highest BCUT2D eigenvalue weighted by atomic mass is 16.5. The average Bonchev–Trinajstić information content (AvgIpc) is 2.65. The zero-order valence-electron chi connectivity index (χ0n) is 15.0. The number of piperidine rings is 1. The molecule has 1 aromatic carbocycles. The van der Waals surface area contributed by atoms with E-state index in [0.717, 1.165) is 37.0 Å². The molecule has 6 heteroatoms. The van der Waals surface area contributed by atoms with Crippen LogP contribution in [-0.2, 0) is 4.79 Å². The molecule has 2 amide bonds. The average molecular weight is 348 g/mol. The molecule has 0 radical (unpaired) electrons. The molecule has 1 saturated heterocycles. The summed E-state index contributed by atoms with van der Waals surface area (Å²) in [5.74, 6) is -0.505. The van der Waals surface area contributed by atoms with Crippen molar-refractivity contribution >= 4 is 12.0 Å². The zero-order chi connectivity index (χ0) is 18.2. The number of nitrogens with zero attached hydrogens (tertiary/aromatic N) is 1. The van der Waals surface area contributed by atoms with Crippen LogP contribution in [0, 0.1) is 5.92 Å². The van der Waals surface area contributed by atoms with E-state index in [1.165, 1.54) is 0 Å². The Morgan fingerprint density at radius 2 is 2.08 bits per heavy atom. The smallest absolute Gasteiger partial charge is 0.317 e. The largest absolute Gasteiger partial charge is 0.497 e. The maximum Gasteiger partial charge on any atom is 0.317 e. The van der Waals surface area contributed by atoms with E-state index in [-0.39, 0.29) is 18.6 Å². The molecule has 0 aliphatic carbocycles. The van der Waals surface area contributed by atoms with Gasteiger partial charge in [0, 0.05) is 13.1 Å². The molecule has 138 valence electrons. The minimum Gasteiger partial charge on any atom is -0.497 e. The third-order valence-corrected chi connectivity index (χ3v) is 4.72. The van der Waals surface area contributed by atoms with Gasteiger partial charge in [0.2, 0.25) is 0 Å². The molecule has 6 nitrogen and oxygen atoms in total. The van der Waals surface area contributed by atoms with E-state index in [0.29, 0.717) is 13.0 Å². The van der Waals surface area contributed by atoms with Gasteiger partial charge in [0.15, 0.2) is 0 Å². The van der Waals surface area contributed by atoms with Crippen molar-refractivity contribution in [3.8, 4) is 5.75 Å². The van der Waals surface area contributed by atoms with Crippen molar-refractivity contribution in [1.82, 2.24) is 10.2 Å². The van der Waals surface area contributed by atoms with Gasteiger partial charge in [0.25, 0.3) is 0 Å². The number of unbranched alkanes of at least 4 members (excludes halogenated alkanes) is 1. The van der Waals surface area contributed by atoms with Gasteiger partial charge in [-0.2, -0.15) is 0 Å². The number of carboxylic acid groups (broad SMARTS) is 1. The van der Waals surface area contributed by atoms with Gasteiger partial charge in [-0.1, -0.05) is 31.9 Å². The second kappa shape index (κ2) is 9.30. The Bertz CT molecular complexity index is 573. The Morgan fingerprint density at radius 3 is 2.68 bits per heavy atom. The summed E-state index contributed by atoms with van der Waals surface area (Å²) in [5.41, 5.74) is 1.04. The van der Waals surface area contributed by atoms with Gasteiger partial charge in [0.05, 0.1) is 19.1 Å². The molecule has 0 aromatic heterocycles. The Balaban J connectivity index is 2.04. The lowest BCUT2D eigenvalue weighted by atomic mass is 9.98. The van der Waals surface area contributed by atoms with Gasteiger partial charge in [-0.15, -0.1) is 0 Å². The number of carboxylic acids is 1. The number of benzene rings is 1. The van der Waals surface area contributed by atoms with Crippen LogP contribution in [0.3, 0.4) is 0 Å². The standard InChI is InChI=1S/C19H28N2O4/c1-3-4-7-17(14-8-10-16(25-2)11-9-14)20-19(24)21-12-5-6-15(13-21)18(22)23/h8-11,15,17H,3-7,12-13H2,1-2H3,(H,20,24)(H,22,23). The molecule has 2 rings (SSSR count). The predicted octanol–water partition coefficient (Wildman–Crippen LogP) is 3.43. The van der Waals surface area contributed by atoms with Crippen molar-refractivity contribution in [3.05, 3.63) is 29.8 Å². The fraction of sp³-hybridized carbons (Fsp3) is 0.579. The molecule has 0 bridgehead atoms. The lowest BCUT2D eigenvalue weighted by Gasteiger charge is -2.32. The van der Waals surface area contributed by atoms with Crippen LogP contribution in [0.4, 0.5) is 4.79 Å². The number of hydrogen-bond donors (Lipinski definition) is 2. The van der Waals surface area contributed by atoms with Crippen LogP contribution in [0.1, 0.15) is 50.6 Å². The summed E-state index contributed by atoms with van der Waals surface area (Å²) in [6, 6.07) is 7.46. The molecule has 1 aromatic rings. The van der Waals surface area contributed by atoms with Crippen LogP contribution in [0.25, 0.3) is 0 Å². The Labute approximate surface area is 149 Å². The van der Waals surface area contributed by atoms with Crippen molar-refractivity contribution in [1.29, 1.82) is 0 Å². The third-order valence-electron chi connectivity index (χ3n) is 4.72. The molecule has 0 saturated carbocycles. The van der Waals surface area contributed by atoms with Gasteiger partial charge in [0.1, 0.15) is 5.75 Å². The van der Waals surface area contributed by atoms with E-state index in [9.17, 15) is 14.7 Å². The number of urea groups is 1. The summed E-state index contributed by atoms with van der Waals surface area (Å²) in [6.45, 7) is 3.01. The molecular weight excluding hydrogens is 320 g/mol. The number of ether oxygens (including phenoxy) is 1. The zero-order valence-corrected chi connectivity index (χ0v) is 15.0. The van der Waals surface area contributed by atoms with Gasteiger partial charge in [-0.3, -0.25) is 4.79 Å². The number of carbonyl (C=O) groups is 2. The number of hydrogen-bond acceptors (Lipinski definition) is 3. The van der Waals surface area contributed by atoms with Crippen molar-refractivity contribution < 1.29 is 19.4 Å². The SMILES string of the molecule is CCCCC(NC(=O)N1CCCC(C(=O)O)C1)c1ccc(OC)cc1. The van der Waals surface area contributed by atoms with Crippen LogP contribution in [0.15, 0.2) is 24.3 Å². The molecule has 2 unspecified atom stereocenters. The molecule has 25 heavy (non-hydrogen) atoms. The first-order valence-electron chi connectivity index (χ1n) is 8.97. The maximum atomic E-state index is 12.6. The normalized spacial score (nSPS) is 18.5. The predicted molar refractivity (Wildman–Crippen MR) is 95.7 cm³/mol. The third kappa shape index (κ3) is 5.37. The fourth-order valence-corrected chi connectivity index (χ4v) is 3.17. The molecule has 2 atom stereocenters. The quantitative estimate of drug-likeness (QED) is 0.791. The highest BCUT2D eigenvalue weighted by Crippen LogP contribution is 2.23. The number of methoxy groups -OCH3 is 1. The summed E-state index contributed by atoms with van der Waals surface area (Å²) < 4.78 is 5.19. The summed E-state index contributed by atoms with van der Waals surface area (Å²) >= 11 is 0. The lowest BCUT2D eigenvalue weighted by molar-refractivity contribution is -0.143. The van der Waals surface area contributed by atoms with Crippen LogP contribution in [-0.4, -0.2) is 42.2 Å². The monoisotopic (exact) mass is 348 g/mol. The van der Waals surface area contributed by atoms with E-state index in [4.69, 9.17) is 4.74 Å².